The predicted molar refractivity (Wildman–Crippen MR) is 74.4 cm³/mol. The number of nitrogens with one attached hydrogen (secondary N) is 1. The smallest absolute Gasteiger partial charge is 0.0991 e. The zero-order valence-corrected chi connectivity index (χ0v) is 10.7. The van der Waals surface area contributed by atoms with E-state index in [1.165, 1.54) is 16.8 Å². The van der Waals surface area contributed by atoms with Crippen molar-refractivity contribution >= 4 is 5.69 Å². The van der Waals surface area contributed by atoms with Crippen LogP contribution in [-0.2, 0) is 6.54 Å². The van der Waals surface area contributed by atoms with E-state index in [-0.39, 0.29) is 0 Å². The molecule has 2 rings (SSSR count). The van der Waals surface area contributed by atoms with Crippen LogP contribution in [0.25, 0.3) is 0 Å². The highest BCUT2D eigenvalue weighted by molar-refractivity contribution is 5.56. The summed E-state index contributed by atoms with van der Waals surface area (Å²) in [7, 11) is 0. The number of hydrogen-bond donors (Lipinski definition) is 1. The normalized spacial score (nSPS) is 9.83. The molecule has 2 aromatic carbocycles. The van der Waals surface area contributed by atoms with Gasteiger partial charge in [0.2, 0.25) is 0 Å². The van der Waals surface area contributed by atoms with Crippen LogP contribution in [0.15, 0.2) is 42.5 Å². The predicted octanol–water partition coefficient (Wildman–Crippen LogP) is 3.79. The first kappa shape index (κ1) is 12.2. The van der Waals surface area contributed by atoms with Gasteiger partial charge in [0.05, 0.1) is 11.6 Å². The molecule has 18 heavy (non-hydrogen) atoms. The van der Waals surface area contributed by atoms with Crippen molar-refractivity contribution in [3.63, 3.8) is 0 Å². The van der Waals surface area contributed by atoms with Gasteiger partial charge in [-0.3, -0.25) is 0 Å². The summed E-state index contributed by atoms with van der Waals surface area (Å²) in [5.41, 5.74) is 5.49. The van der Waals surface area contributed by atoms with Crippen molar-refractivity contribution in [1.82, 2.24) is 0 Å². The van der Waals surface area contributed by atoms with Gasteiger partial charge >= 0.3 is 0 Å². The quantitative estimate of drug-likeness (QED) is 0.880. The third-order valence-corrected chi connectivity index (χ3v) is 3.01. The number of anilines is 1. The second kappa shape index (κ2) is 5.37. The summed E-state index contributed by atoms with van der Waals surface area (Å²) < 4.78 is 0. The Morgan fingerprint density at radius 1 is 1.06 bits per heavy atom. The van der Waals surface area contributed by atoms with Gasteiger partial charge < -0.3 is 5.32 Å². The minimum absolute atomic E-state index is 0.704. The molecule has 0 fully saturated rings. The molecule has 1 N–H and O–H groups in total. The van der Waals surface area contributed by atoms with Crippen LogP contribution in [0.2, 0.25) is 0 Å². The Morgan fingerprint density at radius 2 is 1.72 bits per heavy atom. The lowest BCUT2D eigenvalue weighted by molar-refractivity contribution is 1.13. The lowest BCUT2D eigenvalue weighted by Crippen LogP contribution is -2.02. The van der Waals surface area contributed by atoms with E-state index in [9.17, 15) is 0 Å². The highest BCUT2D eigenvalue weighted by atomic mass is 14.9. The van der Waals surface area contributed by atoms with Gasteiger partial charge in [0.1, 0.15) is 0 Å². The number of nitriles is 1. The Labute approximate surface area is 108 Å². The number of hydrogen-bond acceptors (Lipinski definition) is 2. The van der Waals surface area contributed by atoms with Crippen LogP contribution in [0, 0.1) is 25.2 Å². The van der Waals surface area contributed by atoms with E-state index in [4.69, 9.17) is 5.26 Å². The van der Waals surface area contributed by atoms with Gasteiger partial charge in [0.15, 0.2) is 0 Å². The van der Waals surface area contributed by atoms with Crippen LogP contribution >= 0.6 is 0 Å². The number of benzene rings is 2. The Hall–Kier alpha value is -2.27. The molecule has 0 atom stereocenters. The summed E-state index contributed by atoms with van der Waals surface area (Å²) in [6, 6.07) is 16.1. The first-order valence-corrected chi connectivity index (χ1v) is 6.00. The van der Waals surface area contributed by atoms with Gasteiger partial charge in [-0.2, -0.15) is 5.26 Å². The van der Waals surface area contributed by atoms with Gasteiger partial charge in [-0.25, -0.2) is 0 Å². The van der Waals surface area contributed by atoms with Crippen molar-refractivity contribution in [3.8, 4) is 6.07 Å². The second-order valence-electron chi connectivity index (χ2n) is 4.43. The van der Waals surface area contributed by atoms with E-state index in [1.807, 2.05) is 24.3 Å². The van der Waals surface area contributed by atoms with Crippen molar-refractivity contribution in [3.05, 3.63) is 64.7 Å². The average molecular weight is 236 g/mol. The average Bonchev–Trinajstić information content (AvgIpc) is 2.38. The molecule has 0 unspecified atom stereocenters. The van der Waals surface area contributed by atoms with Gasteiger partial charge in [-0.05, 0) is 42.7 Å². The maximum atomic E-state index is 8.87. The molecule has 2 aromatic rings. The van der Waals surface area contributed by atoms with E-state index in [2.05, 4.69) is 43.4 Å². The monoisotopic (exact) mass is 236 g/mol. The van der Waals surface area contributed by atoms with Crippen molar-refractivity contribution in [1.29, 1.82) is 5.26 Å². The zero-order valence-electron chi connectivity index (χ0n) is 10.7. The van der Waals surface area contributed by atoms with Crippen LogP contribution in [0.5, 0.6) is 0 Å². The summed E-state index contributed by atoms with van der Waals surface area (Å²) in [6.45, 7) is 4.93. The van der Waals surface area contributed by atoms with Crippen LogP contribution in [-0.4, -0.2) is 0 Å². The molecule has 2 heteroatoms. The minimum atomic E-state index is 0.704. The topological polar surface area (TPSA) is 35.8 Å². The highest BCUT2D eigenvalue weighted by Gasteiger charge is 2.01. The fourth-order valence-corrected chi connectivity index (χ4v) is 2.03. The Balaban J connectivity index is 2.14. The zero-order chi connectivity index (χ0) is 13.0. The van der Waals surface area contributed by atoms with Gasteiger partial charge in [-0.1, -0.05) is 30.3 Å². The third kappa shape index (κ3) is 2.70. The van der Waals surface area contributed by atoms with Crippen LogP contribution < -0.4 is 5.32 Å². The van der Waals surface area contributed by atoms with E-state index < -0.39 is 0 Å². The molecular weight excluding hydrogens is 220 g/mol. The molecule has 0 radical (unpaired) electrons. The number of aryl methyl sites for hydroxylation is 2. The molecule has 0 aliphatic carbocycles. The van der Waals surface area contributed by atoms with Gasteiger partial charge in [0, 0.05) is 12.2 Å². The van der Waals surface area contributed by atoms with Crippen LogP contribution in [0.3, 0.4) is 0 Å². The Bertz CT molecular complexity index is 574. The van der Waals surface area contributed by atoms with E-state index in [0.717, 1.165) is 12.1 Å². The molecular formula is C16H16N2. The maximum Gasteiger partial charge on any atom is 0.0991 e. The summed E-state index contributed by atoms with van der Waals surface area (Å²) >= 11 is 0. The summed E-state index contributed by atoms with van der Waals surface area (Å²) in [5, 5.41) is 12.3. The molecule has 90 valence electrons. The SMILES string of the molecule is Cc1cccc(C)c1NCc1cccc(C#N)c1. The lowest BCUT2D eigenvalue weighted by atomic mass is 10.1. The van der Waals surface area contributed by atoms with Crippen LogP contribution in [0.4, 0.5) is 5.69 Å². The molecule has 0 aliphatic heterocycles. The minimum Gasteiger partial charge on any atom is -0.381 e. The fourth-order valence-electron chi connectivity index (χ4n) is 2.03. The maximum absolute atomic E-state index is 8.87. The summed E-state index contributed by atoms with van der Waals surface area (Å²) in [5.74, 6) is 0. The molecule has 2 nitrogen and oxygen atoms in total. The molecule has 0 aliphatic rings. The molecule has 0 heterocycles. The summed E-state index contributed by atoms with van der Waals surface area (Å²) in [4.78, 5) is 0. The summed E-state index contributed by atoms with van der Waals surface area (Å²) in [6.07, 6.45) is 0. The second-order valence-corrected chi connectivity index (χ2v) is 4.43. The molecule has 0 spiro atoms. The molecule has 0 saturated heterocycles. The standard InChI is InChI=1S/C16H16N2/c1-12-5-3-6-13(2)16(12)18-11-15-8-4-7-14(9-15)10-17/h3-9,18H,11H2,1-2H3. The third-order valence-electron chi connectivity index (χ3n) is 3.01. The van der Waals surface area contributed by atoms with E-state index >= 15 is 0 Å². The molecule has 0 saturated carbocycles. The van der Waals surface area contributed by atoms with Crippen molar-refractivity contribution in [2.75, 3.05) is 5.32 Å². The largest absolute Gasteiger partial charge is 0.381 e. The van der Waals surface area contributed by atoms with Gasteiger partial charge in [0.25, 0.3) is 0 Å². The molecule has 0 amide bonds. The highest BCUT2D eigenvalue weighted by Crippen LogP contribution is 2.20. The molecule has 0 bridgehead atoms. The number of rotatable bonds is 3. The first-order valence-electron chi connectivity index (χ1n) is 6.00. The Kier molecular flexibility index (Phi) is 3.64. The van der Waals surface area contributed by atoms with Crippen molar-refractivity contribution < 1.29 is 0 Å². The van der Waals surface area contributed by atoms with Crippen LogP contribution in [0.1, 0.15) is 22.3 Å². The number of para-hydroxylation sites is 1. The van der Waals surface area contributed by atoms with Gasteiger partial charge in [-0.15, -0.1) is 0 Å². The van der Waals surface area contributed by atoms with E-state index in [1.54, 1.807) is 0 Å². The van der Waals surface area contributed by atoms with Crippen molar-refractivity contribution in [2.45, 2.75) is 20.4 Å². The lowest BCUT2D eigenvalue weighted by Gasteiger charge is -2.12. The molecule has 0 aromatic heterocycles. The van der Waals surface area contributed by atoms with Crippen molar-refractivity contribution in [2.24, 2.45) is 0 Å². The first-order chi connectivity index (χ1) is 8.70. The fraction of sp³-hybridized carbons (Fsp3) is 0.188. The van der Waals surface area contributed by atoms with E-state index in [0.29, 0.717) is 5.56 Å². The number of nitrogens with zero attached hydrogens (tertiary/aromatic N) is 1. The Morgan fingerprint density at radius 3 is 2.39 bits per heavy atom.